The minimum Gasteiger partial charge on any atom is -0.507 e. The molecule has 350 valence electrons. The molecule has 0 amide bonds. The Labute approximate surface area is 385 Å². The van der Waals surface area contributed by atoms with Gasteiger partial charge in [-0.2, -0.15) is 4.99 Å². The number of hydrogen-bond donors (Lipinski definition) is 3. The van der Waals surface area contributed by atoms with Crippen molar-refractivity contribution in [3.63, 3.8) is 0 Å². The number of aromatic hydroxyl groups is 3. The zero-order valence-electron chi connectivity index (χ0n) is 42.3. The van der Waals surface area contributed by atoms with Crippen molar-refractivity contribution in [2.24, 2.45) is 9.98 Å². The highest BCUT2D eigenvalue weighted by Crippen LogP contribution is 2.45. The van der Waals surface area contributed by atoms with Gasteiger partial charge in [0.05, 0.1) is 0 Å². The number of hydroxylamine groups is 2. The summed E-state index contributed by atoms with van der Waals surface area (Å²) in [5.41, 5.74) is 1.42. The summed E-state index contributed by atoms with van der Waals surface area (Å²) in [4.78, 5) is 17.1. The molecule has 3 aromatic rings. The van der Waals surface area contributed by atoms with Gasteiger partial charge in [-0.15, -0.1) is 21.8 Å². The lowest BCUT2D eigenvalue weighted by Gasteiger charge is -2.34. The summed E-state index contributed by atoms with van der Waals surface area (Å²) in [6.45, 7) is 39.5. The van der Waals surface area contributed by atoms with Gasteiger partial charge in [0.25, 0.3) is 0 Å². The maximum atomic E-state index is 11.7. The number of thioether (sulfide) groups is 1. The lowest BCUT2D eigenvalue weighted by molar-refractivity contribution is -0.00988. The standard InChI is InChI=1S/C53H81N3O6S/c1-20-21-22-23-24-25-26-63-47-55-45(60-33-27-36(48(2,3)4)42(57)37(28-33)49(5,6)7)54-46(61-34-29-38(50(8,9)10)43(58)39(30-34)51(11,12)13)56(47)62-35-31-40(52(14,15)16)44(59)41(32-35)53(17,18)19/h27-32,47,57-59H,20-26H2,1-19H3. The molecule has 1 aliphatic heterocycles. The lowest BCUT2D eigenvalue weighted by Crippen LogP contribution is -2.47. The molecule has 63 heavy (non-hydrogen) atoms. The van der Waals surface area contributed by atoms with Crippen LogP contribution >= 0.6 is 11.8 Å². The molecule has 0 saturated heterocycles. The van der Waals surface area contributed by atoms with Crippen molar-refractivity contribution in [3.05, 3.63) is 69.8 Å². The summed E-state index contributed by atoms with van der Waals surface area (Å²) in [6, 6.07) is 11.4. The third-order valence-corrected chi connectivity index (χ3v) is 12.4. The van der Waals surface area contributed by atoms with Crippen LogP contribution in [0.4, 0.5) is 0 Å². The van der Waals surface area contributed by atoms with E-state index < -0.39 is 27.2 Å². The molecule has 0 aliphatic carbocycles. The molecule has 4 rings (SSSR count). The summed E-state index contributed by atoms with van der Waals surface area (Å²) in [6.07, 6.45) is 6.90. The topological polar surface area (TPSA) is 116 Å². The molecule has 1 aliphatic rings. The van der Waals surface area contributed by atoms with Gasteiger partial charge in [-0.1, -0.05) is 164 Å². The predicted octanol–water partition coefficient (Wildman–Crippen LogP) is 14.4. The van der Waals surface area contributed by atoms with Gasteiger partial charge in [-0.3, -0.25) is 0 Å². The fourth-order valence-corrected chi connectivity index (χ4v) is 8.54. The van der Waals surface area contributed by atoms with Crippen LogP contribution in [0.1, 0.15) is 203 Å². The van der Waals surface area contributed by atoms with E-state index in [9.17, 15) is 15.3 Å². The minimum atomic E-state index is -0.698. The number of aliphatic imine (C=N–C) groups is 2. The molecule has 1 heterocycles. The first-order valence-electron chi connectivity index (χ1n) is 23.0. The average Bonchev–Trinajstić information content (AvgIpc) is 3.11. The van der Waals surface area contributed by atoms with E-state index in [1.54, 1.807) is 16.8 Å². The van der Waals surface area contributed by atoms with Gasteiger partial charge in [-0.05, 0) is 81.1 Å². The first-order valence-corrected chi connectivity index (χ1v) is 24.0. The Balaban J connectivity index is 1.99. The van der Waals surface area contributed by atoms with Crippen LogP contribution in [0.2, 0.25) is 0 Å². The van der Waals surface area contributed by atoms with Gasteiger partial charge in [-0.25, -0.2) is 0 Å². The number of ether oxygens (including phenoxy) is 2. The highest BCUT2D eigenvalue weighted by Gasteiger charge is 2.37. The van der Waals surface area contributed by atoms with Crippen LogP contribution in [0.3, 0.4) is 0 Å². The summed E-state index contributed by atoms with van der Waals surface area (Å²) in [5.74, 6) is 3.01. The van der Waals surface area contributed by atoms with E-state index in [1.165, 1.54) is 25.7 Å². The summed E-state index contributed by atoms with van der Waals surface area (Å²) < 4.78 is 13.6. The Bertz CT molecular complexity index is 2030. The SMILES string of the molecule is CCCCCCCCSC1N=C(Oc2cc(C(C)(C)C)c(O)c(C(C)(C)C)c2)N=C(Oc2cc(C(C)(C)C)c(O)c(C(C)(C)C)c2)N1Oc1cc(C(C)(C)C)c(O)c(C(C)(C)C)c1. The van der Waals surface area contributed by atoms with Crippen molar-refractivity contribution in [1.29, 1.82) is 0 Å². The molecule has 0 radical (unpaired) electrons. The maximum absolute atomic E-state index is 11.7. The fraction of sp³-hybridized carbons (Fsp3) is 0.623. The van der Waals surface area contributed by atoms with E-state index in [2.05, 4.69) is 132 Å². The Morgan fingerprint density at radius 3 is 1.19 bits per heavy atom. The number of nitrogens with zero attached hydrogens (tertiary/aromatic N) is 3. The predicted molar refractivity (Wildman–Crippen MR) is 265 cm³/mol. The second-order valence-corrected chi connectivity index (χ2v) is 24.7. The fourth-order valence-electron chi connectivity index (χ4n) is 7.53. The monoisotopic (exact) mass is 888 g/mol. The largest absolute Gasteiger partial charge is 0.507 e. The molecule has 3 N–H and O–H groups in total. The van der Waals surface area contributed by atoms with Gasteiger partial charge < -0.3 is 29.6 Å². The van der Waals surface area contributed by atoms with Crippen molar-refractivity contribution in [3.8, 4) is 34.5 Å². The van der Waals surface area contributed by atoms with E-state index >= 15 is 0 Å². The molecular formula is C53H81N3O6S. The molecule has 0 saturated carbocycles. The van der Waals surface area contributed by atoms with E-state index in [0.29, 0.717) is 17.2 Å². The highest BCUT2D eigenvalue weighted by molar-refractivity contribution is 7.99. The van der Waals surface area contributed by atoms with Crippen molar-refractivity contribution < 1.29 is 29.6 Å². The molecular weight excluding hydrogens is 807 g/mol. The third kappa shape index (κ3) is 13.3. The number of phenols is 3. The van der Waals surface area contributed by atoms with Crippen LogP contribution in [0.5, 0.6) is 34.5 Å². The number of hydrogen-bond acceptors (Lipinski definition) is 10. The molecule has 1 unspecified atom stereocenters. The summed E-state index contributed by atoms with van der Waals surface area (Å²) in [5, 5.41) is 36.5. The number of phenolic OH excluding ortho intramolecular Hbond substituents is 3. The number of unbranched alkanes of at least 4 members (excludes halogenated alkanes) is 5. The average molecular weight is 888 g/mol. The van der Waals surface area contributed by atoms with Crippen LogP contribution in [0, 0.1) is 0 Å². The van der Waals surface area contributed by atoms with Crippen LogP contribution < -0.4 is 14.3 Å². The Kier molecular flexibility index (Phi) is 15.7. The number of rotatable bonds is 12. The second kappa shape index (κ2) is 19.2. The third-order valence-electron chi connectivity index (χ3n) is 11.3. The summed E-state index contributed by atoms with van der Waals surface area (Å²) in [7, 11) is 0. The molecule has 3 aromatic carbocycles. The van der Waals surface area contributed by atoms with Crippen molar-refractivity contribution in [2.75, 3.05) is 5.75 Å². The minimum absolute atomic E-state index is 0.0815. The van der Waals surface area contributed by atoms with Gasteiger partial charge in [0.15, 0.2) is 5.75 Å². The van der Waals surface area contributed by atoms with E-state index in [4.69, 9.17) is 24.3 Å². The molecule has 0 bridgehead atoms. The Hall–Kier alpha value is -4.05. The second-order valence-electron chi connectivity index (χ2n) is 23.5. The Morgan fingerprint density at radius 1 is 0.492 bits per heavy atom. The van der Waals surface area contributed by atoms with Crippen molar-refractivity contribution in [2.45, 2.75) is 208 Å². The van der Waals surface area contributed by atoms with Gasteiger partial charge in [0.2, 0.25) is 5.50 Å². The molecule has 9 nitrogen and oxygen atoms in total. The van der Waals surface area contributed by atoms with Gasteiger partial charge >= 0.3 is 12.0 Å². The normalized spacial score (nSPS) is 15.6. The van der Waals surface area contributed by atoms with Crippen molar-refractivity contribution >= 4 is 23.8 Å². The zero-order chi connectivity index (χ0) is 47.7. The van der Waals surface area contributed by atoms with Crippen molar-refractivity contribution in [1.82, 2.24) is 5.06 Å². The van der Waals surface area contributed by atoms with Gasteiger partial charge in [0, 0.05) is 33.4 Å². The van der Waals surface area contributed by atoms with Gasteiger partial charge in [0.1, 0.15) is 28.7 Å². The molecule has 0 aromatic heterocycles. The first kappa shape index (κ1) is 51.6. The van der Waals surface area contributed by atoms with E-state index in [0.717, 1.165) is 52.0 Å². The zero-order valence-corrected chi connectivity index (χ0v) is 43.1. The summed E-state index contributed by atoms with van der Waals surface area (Å²) >= 11 is 1.62. The Morgan fingerprint density at radius 2 is 0.825 bits per heavy atom. The molecule has 10 heteroatoms. The number of amidine groups is 2. The smallest absolute Gasteiger partial charge is 0.339 e. The molecule has 0 fully saturated rings. The maximum Gasteiger partial charge on any atom is 0.339 e. The van der Waals surface area contributed by atoms with Crippen LogP contribution in [-0.4, -0.2) is 43.7 Å². The lowest BCUT2D eigenvalue weighted by atomic mass is 9.79. The molecule has 0 spiro atoms. The van der Waals surface area contributed by atoms with Crippen LogP contribution in [-0.2, 0) is 32.5 Å². The van der Waals surface area contributed by atoms with E-state index in [1.807, 2.05) is 36.4 Å². The number of benzene rings is 3. The van der Waals surface area contributed by atoms with Crippen LogP contribution in [0.15, 0.2) is 46.4 Å². The highest BCUT2D eigenvalue weighted by atomic mass is 32.2. The van der Waals surface area contributed by atoms with Crippen LogP contribution in [0.25, 0.3) is 0 Å². The van der Waals surface area contributed by atoms with E-state index in [-0.39, 0.29) is 40.1 Å². The quantitative estimate of drug-likeness (QED) is 0.154. The first-order chi connectivity index (χ1) is 28.7. The molecule has 1 atom stereocenters.